The standard InChI is InChI=1S/C15H22N2/c1-2-7-13(8-3-1)16-11-14-10-12-6-4-5-9-15(12)17-14/h4-6,9,13-14,16-17H,1-3,7-8,10-11H2/t14-/m0/s1. The lowest BCUT2D eigenvalue weighted by molar-refractivity contribution is 0.368. The predicted octanol–water partition coefficient (Wildman–Crippen LogP) is 2.95. The zero-order chi connectivity index (χ0) is 11.5. The van der Waals surface area contributed by atoms with E-state index in [0.29, 0.717) is 6.04 Å². The summed E-state index contributed by atoms with van der Waals surface area (Å²) < 4.78 is 0. The minimum atomic E-state index is 0.592. The van der Waals surface area contributed by atoms with Gasteiger partial charge in [-0.05, 0) is 30.9 Å². The van der Waals surface area contributed by atoms with Gasteiger partial charge in [-0.2, -0.15) is 0 Å². The van der Waals surface area contributed by atoms with Gasteiger partial charge in [-0.25, -0.2) is 0 Å². The molecule has 1 aromatic carbocycles. The highest BCUT2D eigenvalue weighted by Crippen LogP contribution is 2.25. The van der Waals surface area contributed by atoms with Crippen molar-refractivity contribution in [1.82, 2.24) is 5.32 Å². The Morgan fingerprint density at radius 3 is 2.76 bits per heavy atom. The van der Waals surface area contributed by atoms with Gasteiger partial charge in [0.2, 0.25) is 0 Å². The summed E-state index contributed by atoms with van der Waals surface area (Å²) in [5, 5.41) is 7.35. The van der Waals surface area contributed by atoms with Gasteiger partial charge in [0.25, 0.3) is 0 Å². The zero-order valence-corrected chi connectivity index (χ0v) is 10.4. The summed E-state index contributed by atoms with van der Waals surface area (Å²) >= 11 is 0. The van der Waals surface area contributed by atoms with E-state index in [1.54, 1.807) is 0 Å². The molecule has 1 heterocycles. The predicted molar refractivity (Wildman–Crippen MR) is 72.4 cm³/mol. The Labute approximate surface area is 104 Å². The topological polar surface area (TPSA) is 24.1 Å². The van der Waals surface area contributed by atoms with E-state index in [4.69, 9.17) is 0 Å². The van der Waals surface area contributed by atoms with E-state index >= 15 is 0 Å². The lowest BCUT2D eigenvalue weighted by Crippen LogP contribution is -2.39. The van der Waals surface area contributed by atoms with E-state index < -0.39 is 0 Å². The SMILES string of the molecule is c1ccc2c(c1)C[C@@H](CNC1CCCCC1)N2. The summed E-state index contributed by atoms with van der Waals surface area (Å²) in [6, 6.07) is 10.0. The molecule has 92 valence electrons. The highest BCUT2D eigenvalue weighted by Gasteiger charge is 2.21. The lowest BCUT2D eigenvalue weighted by atomic mass is 9.95. The van der Waals surface area contributed by atoms with Crippen LogP contribution in [0, 0.1) is 0 Å². The Bertz CT molecular complexity index is 344. The van der Waals surface area contributed by atoms with E-state index in [2.05, 4.69) is 34.9 Å². The van der Waals surface area contributed by atoms with Gasteiger partial charge >= 0.3 is 0 Å². The molecule has 0 amide bonds. The molecule has 1 aromatic rings. The first-order chi connectivity index (χ1) is 8.42. The number of fused-ring (bicyclic) bond motifs is 1. The summed E-state index contributed by atoms with van der Waals surface area (Å²) in [7, 11) is 0. The molecule has 0 spiro atoms. The smallest absolute Gasteiger partial charge is 0.0427 e. The number of hydrogen-bond acceptors (Lipinski definition) is 2. The zero-order valence-electron chi connectivity index (χ0n) is 10.4. The van der Waals surface area contributed by atoms with E-state index in [-0.39, 0.29) is 0 Å². The molecular formula is C15H22N2. The molecule has 3 rings (SSSR count). The highest BCUT2D eigenvalue weighted by atomic mass is 15.0. The third-order valence-electron chi connectivity index (χ3n) is 4.10. The first-order valence-corrected chi connectivity index (χ1v) is 6.99. The van der Waals surface area contributed by atoms with Crippen molar-refractivity contribution in [2.75, 3.05) is 11.9 Å². The van der Waals surface area contributed by atoms with Crippen molar-refractivity contribution in [2.45, 2.75) is 50.6 Å². The van der Waals surface area contributed by atoms with Crippen molar-refractivity contribution < 1.29 is 0 Å². The van der Waals surface area contributed by atoms with Crippen LogP contribution in [0.1, 0.15) is 37.7 Å². The van der Waals surface area contributed by atoms with E-state index in [1.165, 1.54) is 49.8 Å². The summed E-state index contributed by atoms with van der Waals surface area (Å²) in [6.45, 7) is 1.11. The monoisotopic (exact) mass is 230 g/mol. The van der Waals surface area contributed by atoms with Crippen molar-refractivity contribution in [2.24, 2.45) is 0 Å². The molecule has 1 fully saturated rings. The molecule has 2 heteroatoms. The lowest BCUT2D eigenvalue weighted by Gasteiger charge is -2.24. The molecule has 0 saturated heterocycles. The maximum Gasteiger partial charge on any atom is 0.0427 e. The fourth-order valence-corrected chi connectivity index (χ4v) is 3.11. The second kappa shape index (κ2) is 5.09. The van der Waals surface area contributed by atoms with Crippen molar-refractivity contribution in [3.05, 3.63) is 29.8 Å². The van der Waals surface area contributed by atoms with Crippen LogP contribution in [0.3, 0.4) is 0 Å². The first kappa shape index (κ1) is 11.1. The normalized spacial score (nSPS) is 24.4. The number of rotatable bonds is 3. The summed E-state index contributed by atoms with van der Waals surface area (Å²) in [5.41, 5.74) is 2.81. The van der Waals surface area contributed by atoms with Crippen LogP contribution in [0.4, 0.5) is 5.69 Å². The molecule has 2 N–H and O–H groups in total. The maximum absolute atomic E-state index is 3.74. The number of anilines is 1. The van der Waals surface area contributed by atoms with Crippen molar-refractivity contribution in [3.63, 3.8) is 0 Å². The van der Waals surface area contributed by atoms with E-state index in [9.17, 15) is 0 Å². The molecule has 1 aliphatic carbocycles. The fraction of sp³-hybridized carbons (Fsp3) is 0.600. The van der Waals surface area contributed by atoms with Crippen molar-refractivity contribution in [3.8, 4) is 0 Å². The molecular weight excluding hydrogens is 208 g/mol. The molecule has 0 unspecified atom stereocenters. The third-order valence-corrected chi connectivity index (χ3v) is 4.10. The van der Waals surface area contributed by atoms with Gasteiger partial charge in [-0.1, -0.05) is 37.5 Å². The van der Waals surface area contributed by atoms with Crippen LogP contribution in [0.15, 0.2) is 24.3 Å². The van der Waals surface area contributed by atoms with Crippen molar-refractivity contribution in [1.29, 1.82) is 0 Å². The Kier molecular flexibility index (Phi) is 3.32. The number of para-hydroxylation sites is 1. The summed E-state index contributed by atoms with van der Waals surface area (Å²) in [6.07, 6.45) is 8.19. The Hall–Kier alpha value is -1.02. The molecule has 2 aliphatic rings. The molecule has 1 saturated carbocycles. The van der Waals surface area contributed by atoms with Gasteiger partial charge in [0.05, 0.1) is 0 Å². The molecule has 2 nitrogen and oxygen atoms in total. The largest absolute Gasteiger partial charge is 0.380 e. The Morgan fingerprint density at radius 2 is 1.94 bits per heavy atom. The summed E-state index contributed by atoms with van der Waals surface area (Å²) in [5.74, 6) is 0. The number of benzene rings is 1. The van der Waals surface area contributed by atoms with Gasteiger partial charge in [-0.15, -0.1) is 0 Å². The van der Waals surface area contributed by atoms with Crippen molar-refractivity contribution >= 4 is 5.69 Å². The number of hydrogen-bond donors (Lipinski definition) is 2. The van der Waals surface area contributed by atoms with Gasteiger partial charge in [0.15, 0.2) is 0 Å². The Morgan fingerprint density at radius 1 is 1.12 bits per heavy atom. The van der Waals surface area contributed by atoms with Crippen LogP contribution < -0.4 is 10.6 Å². The quantitative estimate of drug-likeness (QED) is 0.834. The molecule has 0 bridgehead atoms. The fourth-order valence-electron chi connectivity index (χ4n) is 3.11. The van der Waals surface area contributed by atoms with Gasteiger partial charge in [0.1, 0.15) is 0 Å². The molecule has 0 aromatic heterocycles. The van der Waals surface area contributed by atoms with E-state index in [1.807, 2.05) is 0 Å². The maximum atomic E-state index is 3.74. The first-order valence-electron chi connectivity index (χ1n) is 6.99. The second-order valence-electron chi connectivity index (χ2n) is 5.45. The van der Waals surface area contributed by atoms with Crippen LogP contribution >= 0.6 is 0 Å². The number of nitrogens with one attached hydrogen (secondary N) is 2. The average molecular weight is 230 g/mol. The van der Waals surface area contributed by atoms with Crippen LogP contribution in [0.25, 0.3) is 0 Å². The minimum Gasteiger partial charge on any atom is -0.380 e. The molecule has 17 heavy (non-hydrogen) atoms. The minimum absolute atomic E-state index is 0.592. The van der Waals surface area contributed by atoms with Crippen LogP contribution in [-0.4, -0.2) is 18.6 Å². The van der Waals surface area contributed by atoms with Gasteiger partial charge in [-0.3, -0.25) is 0 Å². The highest BCUT2D eigenvalue weighted by molar-refractivity contribution is 5.56. The van der Waals surface area contributed by atoms with Crippen LogP contribution in [0.5, 0.6) is 0 Å². The summed E-state index contributed by atoms with van der Waals surface area (Å²) in [4.78, 5) is 0. The average Bonchev–Trinajstić information content (AvgIpc) is 2.80. The molecule has 1 aliphatic heterocycles. The van der Waals surface area contributed by atoms with Gasteiger partial charge < -0.3 is 10.6 Å². The second-order valence-corrected chi connectivity index (χ2v) is 5.45. The molecule has 0 radical (unpaired) electrons. The van der Waals surface area contributed by atoms with Gasteiger partial charge in [0, 0.05) is 24.3 Å². The van der Waals surface area contributed by atoms with Crippen LogP contribution in [0.2, 0.25) is 0 Å². The van der Waals surface area contributed by atoms with Crippen LogP contribution in [-0.2, 0) is 6.42 Å². The van der Waals surface area contributed by atoms with E-state index in [0.717, 1.165) is 12.6 Å². The third kappa shape index (κ3) is 2.63. The Balaban J connectivity index is 1.48. The molecule has 1 atom stereocenters.